The van der Waals surface area contributed by atoms with Crippen LogP contribution in [0.15, 0.2) is 22.9 Å². The van der Waals surface area contributed by atoms with E-state index < -0.39 is 5.41 Å². The normalized spacial score (nSPS) is 16.3. The molecule has 0 atom stereocenters. The molecule has 2 aromatic rings. The molecule has 1 aliphatic rings. The monoisotopic (exact) mass is 426 g/mol. The highest BCUT2D eigenvalue weighted by Gasteiger charge is 2.28. The van der Waals surface area contributed by atoms with Gasteiger partial charge in [0.05, 0.1) is 29.0 Å². The van der Waals surface area contributed by atoms with E-state index in [1.54, 1.807) is 11.4 Å². The van der Waals surface area contributed by atoms with Crippen LogP contribution in [-0.2, 0) is 9.63 Å². The Morgan fingerprint density at radius 1 is 1.20 bits per heavy atom. The standard InChI is InChI=1S/C17H20BrClN4O2/c1-17(2,3)16(24)25-23-6-4-22(5-7-23)15-11-8-12(18)13(19)9-14(11)20-10-21-15/h8-10H,4-7H2,1-3H3. The van der Waals surface area contributed by atoms with E-state index in [0.717, 1.165) is 21.2 Å². The lowest BCUT2D eigenvalue weighted by Crippen LogP contribution is -2.48. The molecule has 0 spiro atoms. The molecule has 1 aromatic carbocycles. The Balaban J connectivity index is 1.74. The Morgan fingerprint density at radius 2 is 1.88 bits per heavy atom. The Kier molecular flexibility index (Phi) is 5.18. The molecule has 0 bridgehead atoms. The van der Waals surface area contributed by atoms with E-state index in [9.17, 15) is 4.79 Å². The second-order valence-electron chi connectivity index (χ2n) is 7.03. The molecule has 0 unspecified atom stereocenters. The fourth-order valence-corrected chi connectivity index (χ4v) is 3.04. The number of hydrogen-bond acceptors (Lipinski definition) is 6. The van der Waals surface area contributed by atoms with Crippen LogP contribution in [0.25, 0.3) is 10.9 Å². The minimum absolute atomic E-state index is 0.216. The number of halogens is 2. The zero-order valence-electron chi connectivity index (χ0n) is 14.4. The summed E-state index contributed by atoms with van der Waals surface area (Å²) in [6.07, 6.45) is 1.55. The predicted molar refractivity (Wildman–Crippen MR) is 102 cm³/mol. The van der Waals surface area contributed by atoms with Crippen LogP contribution in [0.4, 0.5) is 5.82 Å². The molecule has 1 saturated heterocycles. The highest BCUT2D eigenvalue weighted by molar-refractivity contribution is 9.10. The second-order valence-corrected chi connectivity index (χ2v) is 8.29. The molecule has 8 heteroatoms. The summed E-state index contributed by atoms with van der Waals surface area (Å²) in [5, 5.41) is 3.29. The molecule has 6 nitrogen and oxygen atoms in total. The lowest BCUT2D eigenvalue weighted by atomic mass is 9.98. The molecule has 0 radical (unpaired) electrons. The van der Waals surface area contributed by atoms with Crippen molar-refractivity contribution in [2.24, 2.45) is 5.41 Å². The molecule has 25 heavy (non-hydrogen) atoms. The number of piperazine rings is 1. The summed E-state index contributed by atoms with van der Waals surface area (Å²) in [6, 6.07) is 3.77. The molecule has 0 N–H and O–H groups in total. The number of carbonyl (C=O) groups excluding carboxylic acids is 1. The molecule has 1 aromatic heterocycles. The fraction of sp³-hybridized carbons (Fsp3) is 0.471. The minimum Gasteiger partial charge on any atom is -0.367 e. The quantitative estimate of drug-likeness (QED) is 0.729. The number of benzene rings is 1. The van der Waals surface area contributed by atoms with Crippen LogP contribution >= 0.6 is 27.5 Å². The van der Waals surface area contributed by atoms with Crippen molar-refractivity contribution in [1.82, 2.24) is 15.0 Å². The molecule has 1 aliphatic heterocycles. The first-order valence-electron chi connectivity index (χ1n) is 8.08. The number of aromatic nitrogens is 2. The SMILES string of the molecule is CC(C)(C)C(=O)ON1CCN(c2ncnc3cc(Cl)c(Br)cc23)CC1. The van der Waals surface area contributed by atoms with Crippen molar-refractivity contribution in [3.8, 4) is 0 Å². The zero-order valence-corrected chi connectivity index (χ0v) is 16.8. The first-order chi connectivity index (χ1) is 11.8. The summed E-state index contributed by atoms with van der Waals surface area (Å²) in [5.41, 5.74) is 0.297. The van der Waals surface area contributed by atoms with Crippen molar-refractivity contribution < 1.29 is 9.63 Å². The molecule has 2 heterocycles. The van der Waals surface area contributed by atoms with Crippen molar-refractivity contribution in [3.63, 3.8) is 0 Å². The number of hydroxylamine groups is 2. The van der Waals surface area contributed by atoms with Crippen molar-refractivity contribution in [3.05, 3.63) is 28.0 Å². The van der Waals surface area contributed by atoms with Gasteiger partial charge in [0, 0.05) is 22.9 Å². The van der Waals surface area contributed by atoms with Gasteiger partial charge in [-0.05, 0) is 48.8 Å². The average Bonchev–Trinajstić information content (AvgIpc) is 2.55. The van der Waals surface area contributed by atoms with Gasteiger partial charge < -0.3 is 9.74 Å². The topological polar surface area (TPSA) is 58.6 Å². The van der Waals surface area contributed by atoms with Gasteiger partial charge in [-0.15, -0.1) is 5.06 Å². The van der Waals surface area contributed by atoms with Crippen LogP contribution in [-0.4, -0.2) is 47.2 Å². The van der Waals surface area contributed by atoms with E-state index in [-0.39, 0.29) is 5.97 Å². The number of rotatable bonds is 2. The van der Waals surface area contributed by atoms with Crippen LogP contribution in [0, 0.1) is 5.41 Å². The van der Waals surface area contributed by atoms with Crippen LogP contribution in [0.5, 0.6) is 0 Å². The summed E-state index contributed by atoms with van der Waals surface area (Å²) in [4.78, 5) is 28.4. The number of carbonyl (C=O) groups is 1. The van der Waals surface area contributed by atoms with Crippen LogP contribution in [0.3, 0.4) is 0 Å². The van der Waals surface area contributed by atoms with Crippen LogP contribution < -0.4 is 4.90 Å². The van der Waals surface area contributed by atoms with Gasteiger partial charge in [-0.3, -0.25) is 0 Å². The summed E-state index contributed by atoms with van der Waals surface area (Å²) < 4.78 is 0.815. The molecular formula is C17H20BrClN4O2. The Labute approximate surface area is 160 Å². The predicted octanol–water partition coefficient (Wildman–Crippen LogP) is 3.67. The maximum atomic E-state index is 12.0. The fourth-order valence-electron chi connectivity index (χ4n) is 2.53. The van der Waals surface area contributed by atoms with Gasteiger partial charge in [-0.25, -0.2) is 14.8 Å². The maximum Gasteiger partial charge on any atom is 0.330 e. The molecule has 0 amide bonds. The minimum atomic E-state index is -0.508. The van der Waals surface area contributed by atoms with Gasteiger partial charge in [-0.2, -0.15) is 0 Å². The van der Waals surface area contributed by atoms with Crippen molar-refractivity contribution in [2.45, 2.75) is 20.8 Å². The van der Waals surface area contributed by atoms with Gasteiger partial charge >= 0.3 is 5.97 Å². The zero-order chi connectivity index (χ0) is 18.2. The second kappa shape index (κ2) is 7.05. The van der Waals surface area contributed by atoms with Crippen LogP contribution in [0.1, 0.15) is 20.8 Å². The number of fused-ring (bicyclic) bond motifs is 1. The highest BCUT2D eigenvalue weighted by Crippen LogP contribution is 2.31. The summed E-state index contributed by atoms with van der Waals surface area (Å²) in [6.45, 7) is 8.22. The summed E-state index contributed by atoms with van der Waals surface area (Å²) in [7, 11) is 0. The Bertz CT molecular complexity index is 801. The van der Waals surface area contributed by atoms with Crippen molar-refractivity contribution in [2.75, 3.05) is 31.1 Å². The van der Waals surface area contributed by atoms with Gasteiger partial charge in [0.25, 0.3) is 0 Å². The van der Waals surface area contributed by atoms with E-state index in [4.69, 9.17) is 16.4 Å². The lowest BCUT2D eigenvalue weighted by molar-refractivity contribution is -0.201. The van der Waals surface area contributed by atoms with Crippen molar-refractivity contribution in [1.29, 1.82) is 0 Å². The van der Waals surface area contributed by atoms with E-state index in [2.05, 4.69) is 30.8 Å². The lowest BCUT2D eigenvalue weighted by Gasteiger charge is -2.35. The van der Waals surface area contributed by atoms with E-state index in [0.29, 0.717) is 31.2 Å². The average molecular weight is 428 g/mol. The van der Waals surface area contributed by atoms with Crippen LogP contribution in [0.2, 0.25) is 5.02 Å². The number of hydrogen-bond donors (Lipinski definition) is 0. The third-order valence-electron chi connectivity index (χ3n) is 4.02. The number of nitrogens with zero attached hydrogens (tertiary/aromatic N) is 4. The van der Waals surface area contributed by atoms with Gasteiger partial charge in [0.2, 0.25) is 0 Å². The first-order valence-corrected chi connectivity index (χ1v) is 9.25. The Morgan fingerprint density at radius 3 is 2.52 bits per heavy atom. The van der Waals surface area contributed by atoms with Gasteiger partial charge in [-0.1, -0.05) is 11.6 Å². The molecule has 0 aliphatic carbocycles. The van der Waals surface area contributed by atoms with Crippen molar-refractivity contribution >= 4 is 50.2 Å². The van der Waals surface area contributed by atoms with Gasteiger partial charge in [0.1, 0.15) is 12.1 Å². The first kappa shape index (κ1) is 18.4. The summed E-state index contributed by atoms with van der Waals surface area (Å²) in [5.74, 6) is 0.649. The highest BCUT2D eigenvalue weighted by atomic mass is 79.9. The molecule has 134 valence electrons. The third kappa shape index (κ3) is 4.04. The molecule has 0 saturated carbocycles. The molecular weight excluding hydrogens is 408 g/mol. The summed E-state index contributed by atoms with van der Waals surface area (Å²) >= 11 is 9.61. The molecule has 1 fully saturated rings. The largest absolute Gasteiger partial charge is 0.367 e. The third-order valence-corrected chi connectivity index (χ3v) is 5.22. The van der Waals surface area contributed by atoms with E-state index in [1.165, 1.54) is 0 Å². The Hall–Kier alpha value is -1.44. The molecule has 3 rings (SSSR count). The smallest absolute Gasteiger partial charge is 0.330 e. The number of anilines is 1. The maximum absolute atomic E-state index is 12.0. The van der Waals surface area contributed by atoms with Gasteiger partial charge in [0.15, 0.2) is 0 Å². The van der Waals surface area contributed by atoms with E-state index >= 15 is 0 Å². The van der Waals surface area contributed by atoms with E-state index in [1.807, 2.05) is 32.9 Å².